The van der Waals surface area contributed by atoms with E-state index in [2.05, 4.69) is 10.3 Å². The van der Waals surface area contributed by atoms with Gasteiger partial charge in [-0.05, 0) is 18.6 Å². The van der Waals surface area contributed by atoms with Crippen LogP contribution in [0.1, 0.15) is 20.3 Å². The first-order valence-corrected chi connectivity index (χ1v) is 8.81. The highest BCUT2D eigenvalue weighted by atomic mass is 32.2. The molecule has 0 spiro atoms. The summed E-state index contributed by atoms with van der Waals surface area (Å²) in [5.74, 6) is 0.765. The second kappa shape index (κ2) is 6.01. The number of anilines is 2. The van der Waals surface area contributed by atoms with Crippen molar-refractivity contribution in [1.82, 2.24) is 4.98 Å². The van der Waals surface area contributed by atoms with Gasteiger partial charge in [0, 0.05) is 19.0 Å². The van der Waals surface area contributed by atoms with Crippen molar-refractivity contribution in [2.45, 2.75) is 26.3 Å². The van der Waals surface area contributed by atoms with Crippen molar-refractivity contribution in [2.24, 2.45) is 5.92 Å². The van der Waals surface area contributed by atoms with Gasteiger partial charge in [0.2, 0.25) is 5.91 Å². The van der Waals surface area contributed by atoms with Gasteiger partial charge in [0.05, 0.1) is 23.4 Å². The first-order chi connectivity index (χ1) is 9.78. The first kappa shape index (κ1) is 15.8. The van der Waals surface area contributed by atoms with Crippen LogP contribution in [0.5, 0.6) is 0 Å². The largest absolute Gasteiger partial charge is 0.369 e. The van der Waals surface area contributed by atoms with Crippen molar-refractivity contribution in [2.75, 3.05) is 28.8 Å². The summed E-state index contributed by atoms with van der Waals surface area (Å²) in [4.78, 5) is 17.7. The summed E-state index contributed by atoms with van der Waals surface area (Å²) in [5.41, 5.74) is 0.847. The van der Waals surface area contributed by atoms with Gasteiger partial charge in [-0.2, -0.15) is 0 Å². The molecule has 116 valence electrons. The van der Waals surface area contributed by atoms with E-state index in [1.165, 1.54) is 0 Å². The van der Waals surface area contributed by atoms with Gasteiger partial charge in [0.15, 0.2) is 9.84 Å². The fourth-order valence-corrected chi connectivity index (χ4v) is 4.01. The average Bonchev–Trinajstić information content (AvgIpc) is 2.79. The minimum Gasteiger partial charge on any atom is -0.369 e. The number of nitrogens with zero attached hydrogens (tertiary/aromatic N) is 2. The number of pyridine rings is 1. The first-order valence-electron chi connectivity index (χ1n) is 6.98. The predicted molar refractivity (Wildman–Crippen MR) is 83.2 cm³/mol. The second-order valence-corrected chi connectivity index (χ2v) is 7.94. The molecule has 1 amide bonds. The molecule has 0 aliphatic carbocycles. The molecule has 2 rings (SSSR count). The third-order valence-electron chi connectivity index (χ3n) is 3.69. The van der Waals surface area contributed by atoms with Crippen LogP contribution in [0.15, 0.2) is 18.3 Å². The molecule has 1 saturated heterocycles. The molecule has 1 atom stereocenters. The Kier molecular flexibility index (Phi) is 4.51. The van der Waals surface area contributed by atoms with E-state index in [0.29, 0.717) is 12.2 Å². The Morgan fingerprint density at radius 1 is 1.43 bits per heavy atom. The minimum absolute atomic E-state index is 0.00657. The van der Waals surface area contributed by atoms with Crippen LogP contribution >= 0.6 is 0 Å². The zero-order valence-corrected chi connectivity index (χ0v) is 13.4. The van der Waals surface area contributed by atoms with Crippen molar-refractivity contribution in [1.29, 1.82) is 0 Å². The van der Waals surface area contributed by atoms with E-state index < -0.39 is 9.84 Å². The molecule has 1 aliphatic rings. The SMILES string of the molecule is CC(C)C(=O)Nc1ccc(N(C)C2CCS(=O)(=O)C2)cn1. The van der Waals surface area contributed by atoms with Crippen LogP contribution in [0, 0.1) is 5.92 Å². The topological polar surface area (TPSA) is 79.4 Å². The lowest BCUT2D eigenvalue weighted by Crippen LogP contribution is -2.32. The van der Waals surface area contributed by atoms with Gasteiger partial charge in [-0.3, -0.25) is 4.79 Å². The van der Waals surface area contributed by atoms with E-state index in [9.17, 15) is 13.2 Å². The van der Waals surface area contributed by atoms with Gasteiger partial charge in [-0.15, -0.1) is 0 Å². The molecule has 0 saturated carbocycles. The number of hydrogen-bond acceptors (Lipinski definition) is 5. The molecule has 21 heavy (non-hydrogen) atoms. The Morgan fingerprint density at radius 3 is 2.62 bits per heavy atom. The fraction of sp³-hybridized carbons (Fsp3) is 0.571. The Labute approximate surface area is 125 Å². The highest BCUT2D eigenvalue weighted by molar-refractivity contribution is 7.91. The fourth-order valence-electron chi connectivity index (χ4n) is 2.23. The van der Waals surface area contributed by atoms with Crippen LogP contribution in [0.25, 0.3) is 0 Å². The Morgan fingerprint density at radius 2 is 2.14 bits per heavy atom. The highest BCUT2D eigenvalue weighted by Gasteiger charge is 2.30. The number of hydrogen-bond donors (Lipinski definition) is 1. The van der Waals surface area contributed by atoms with Crippen LogP contribution in [0.3, 0.4) is 0 Å². The second-order valence-electron chi connectivity index (χ2n) is 5.71. The average molecular weight is 311 g/mol. The van der Waals surface area contributed by atoms with Crippen LogP contribution < -0.4 is 10.2 Å². The maximum atomic E-state index is 11.6. The van der Waals surface area contributed by atoms with E-state index in [1.807, 2.05) is 31.9 Å². The summed E-state index contributed by atoms with van der Waals surface area (Å²) in [5, 5.41) is 2.73. The lowest BCUT2D eigenvalue weighted by atomic mass is 10.2. The summed E-state index contributed by atoms with van der Waals surface area (Å²) in [6.45, 7) is 3.63. The van der Waals surface area contributed by atoms with Gasteiger partial charge in [0.1, 0.15) is 5.82 Å². The molecule has 2 heterocycles. The minimum atomic E-state index is -2.90. The third-order valence-corrected chi connectivity index (χ3v) is 5.44. The molecule has 0 bridgehead atoms. The maximum Gasteiger partial charge on any atom is 0.228 e. The zero-order chi connectivity index (χ0) is 15.6. The lowest BCUT2D eigenvalue weighted by Gasteiger charge is -2.25. The van der Waals surface area contributed by atoms with E-state index in [1.54, 1.807) is 12.3 Å². The van der Waals surface area contributed by atoms with Crippen LogP contribution in [0.2, 0.25) is 0 Å². The number of carbonyl (C=O) groups is 1. The number of carbonyl (C=O) groups excluding carboxylic acids is 1. The molecule has 1 N–H and O–H groups in total. The molecule has 1 aliphatic heterocycles. The predicted octanol–water partition coefficient (Wildman–Crippen LogP) is 1.30. The van der Waals surface area contributed by atoms with Gasteiger partial charge in [-0.1, -0.05) is 13.8 Å². The van der Waals surface area contributed by atoms with Crippen molar-refractivity contribution >= 4 is 27.2 Å². The van der Waals surface area contributed by atoms with Crippen molar-refractivity contribution < 1.29 is 13.2 Å². The van der Waals surface area contributed by atoms with Crippen LogP contribution in [-0.2, 0) is 14.6 Å². The third kappa shape index (κ3) is 3.93. The van der Waals surface area contributed by atoms with E-state index in [4.69, 9.17) is 0 Å². The summed E-state index contributed by atoms with van der Waals surface area (Å²) >= 11 is 0. The van der Waals surface area contributed by atoms with Gasteiger partial charge in [0.25, 0.3) is 0 Å². The lowest BCUT2D eigenvalue weighted by molar-refractivity contribution is -0.118. The molecule has 1 fully saturated rings. The number of rotatable bonds is 4. The highest BCUT2D eigenvalue weighted by Crippen LogP contribution is 2.23. The molecule has 1 unspecified atom stereocenters. The quantitative estimate of drug-likeness (QED) is 0.906. The number of amides is 1. The zero-order valence-electron chi connectivity index (χ0n) is 12.5. The van der Waals surface area contributed by atoms with Gasteiger partial charge in [-0.25, -0.2) is 13.4 Å². The summed E-state index contributed by atoms with van der Waals surface area (Å²) in [7, 11) is -1.03. The molecule has 0 aromatic carbocycles. The molecule has 1 aromatic heterocycles. The van der Waals surface area contributed by atoms with E-state index in [-0.39, 0.29) is 29.4 Å². The smallest absolute Gasteiger partial charge is 0.228 e. The standard InChI is InChI=1S/C14H21N3O3S/c1-10(2)14(18)16-13-5-4-11(8-15-13)17(3)12-6-7-21(19,20)9-12/h4-5,8,10,12H,6-7,9H2,1-3H3,(H,15,16,18). The van der Waals surface area contributed by atoms with E-state index >= 15 is 0 Å². The number of aromatic nitrogens is 1. The number of sulfone groups is 1. The van der Waals surface area contributed by atoms with Gasteiger partial charge < -0.3 is 10.2 Å². The summed E-state index contributed by atoms with van der Waals surface area (Å²) in [6.07, 6.45) is 2.30. The maximum absolute atomic E-state index is 11.6. The summed E-state index contributed by atoms with van der Waals surface area (Å²) in [6, 6.07) is 3.57. The van der Waals surface area contributed by atoms with Crippen molar-refractivity contribution in [3.63, 3.8) is 0 Å². The molecule has 1 aromatic rings. The van der Waals surface area contributed by atoms with Gasteiger partial charge >= 0.3 is 0 Å². The molecule has 0 radical (unpaired) electrons. The van der Waals surface area contributed by atoms with Crippen molar-refractivity contribution in [3.8, 4) is 0 Å². The molecular weight excluding hydrogens is 290 g/mol. The molecule has 7 heteroatoms. The normalized spacial score (nSPS) is 20.5. The molecule has 6 nitrogen and oxygen atoms in total. The summed E-state index contributed by atoms with van der Waals surface area (Å²) < 4.78 is 23.1. The van der Waals surface area contributed by atoms with Crippen LogP contribution in [-0.4, -0.2) is 43.9 Å². The Bertz CT molecular complexity index is 611. The number of nitrogens with one attached hydrogen (secondary N) is 1. The Balaban J connectivity index is 2.03. The van der Waals surface area contributed by atoms with E-state index in [0.717, 1.165) is 5.69 Å². The monoisotopic (exact) mass is 311 g/mol. The van der Waals surface area contributed by atoms with Crippen molar-refractivity contribution in [3.05, 3.63) is 18.3 Å². The Hall–Kier alpha value is -1.63. The van der Waals surface area contributed by atoms with Crippen LogP contribution in [0.4, 0.5) is 11.5 Å². The molecular formula is C14H21N3O3S.